The van der Waals surface area contributed by atoms with Gasteiger partial charge in [0.1, 0.15) is 0 Å². The van der Waals surface area contributed by atoms with Crippen LogP contribution in [0.1, 0.15) is 12.0 Å². The number of nitriles is 1. The summed E-state index contributed by atoms with van der Waals surface area (Å²) in [5.74, 6) is 0.622. The van der Waals surface area contributed by atoms with Crippen LogP contribution < -0.4 is 5.32 Å². The number of halogens is 3. The largest absolute Gasteiger partial charge is 0.417 e. The molecule has 98 valence electrons. The van der Waals surface area contributed by atoms with Gasteiger partial charge in [-0.1, -0.05) is 0 Å². The molecule has 1 rings (SSSR count). The van der Waals surface area contributed by atoms with Crippen molar-refractivity contribution in [3.63, 3.8) is 0 Å². The highest BCUT2D eigenvalue weighted by Gasteiger charge is 2.30. The minimum absolute atomic E-state index is 0.244. The Morgan fingerprint density at radius 2 is 2.22 bits per heavy atom. The quantitative estimate of drug-likeness (QED) is 0.839. The highest BCUT2D eigenvalue weighted by atomic mass is 32.2. The standard InChI is InChI=1S/C11H12F3N3S/c1-16-9(6-15)4-5-18-10-3-2-8(7-17-10)11(12,13)14/h2-3,7,9,16H,4-5H2,1H3. The molecular formula is C11H12F3N3S. The van der Waals surface area contributed by atoms with Crippen molar-refractivity contribution in [3.05, 3.63) is 23.9 Å². The Kier molecular flexibility index (Phi) is 5.44. The first-order valence-electron chi connectivity index (χ1n) is 5.20. The van der Waals surface area contributed by atoms with Gasteiger partial charge in [-0.05, 0) is 25.6 Å². The number of pyridine rings is 1. The van der Waals surface area contributed by atoms with Crippen LogP contribution in [0.25, 0.3) is 0 Å². The van der Waals surface area contributed by atoms with Gasteiger partial charge in [0.25, 0.3) is 0 Å². The van der Waals surface area contributed by atoms with Crippen molar-refractivity contribution in [1.82, 2.24) is 10.3 Å². The predicted molar refractivity (Wildman–Crippen MR) is 63.0 cm³/mol. The Bertz CT molecular complexity index is 411. The van der Waals surface area contributed by atoms with Crippen molar-refractivity contribution in [2.24, 2.45) is 0 Å². The summed E-state index contributed by atoms with van der Waals surface area (Å²) >= 11 is 1.33. The minimum Gasteiger partial charge on any atom is -0.305 e. The van der Waals surface area contributed by atoms with Crippen LogP contribution >= 0.6 is 11.8 Å². The average molecular weight is 275 g/mol. The van der Waals surface area contributed by atoms with Crippen LogP contribution in [0.2, 0.25) is 0 Å². The molecule has 0 fully saturated rings. The molecule has 0 saturated carbocycles. The second-order valence-electron chi connectivity index (χ2n) is 3.49. The lowest BCUT2D eigenvalue weighted by atomic mass is 10.3. The first-order valence-corrected chi connectivity index (χ1v) is 6.19. The van der Waals surface area contributed by atoms with Crippen molar-refractivity contribution >= 4 is 11.8 Å². The van der Waals surface area contributed by atoms with E-state index in [0.717, 1.165) is 12.3 Å². The average Bonchev–Trinajstić information content (AvgIpc) is 2.34. The van der Waals surface area contributed by atoms with E-state index in [1.54, 1.807) is 7.05 Å². The summed E-state index contributed by atoms with van der Waals surface area (Å²) in [4.78, 5) is 3.73. The van der Waals surface area contributed by atoms with Crippen molar-refractivity contribution in [2.45, 2.75) is 23.7 Å². The van der Waals surface area contributed by atoms with Crippen LogP contribution in [-0.4, -0.2) is 23.8 Å². The summed E-state index contributed by atoms with van der Waals surface area (Å²) in [6, 6.07) is 4.18. The molecular weight excluding hydrogens is 263 g/mol. The number of hydrogen-bond donors (Lipinski definition) is 1. The second-order valence-corrected chi connectivity index (χ2v) is 4.61. The number of aromatic nitrogens is 1. The maximum Gasteiger partial charge on any atom is 0.417 e. The van der Waals surface area contributed by atoms with Gasteiger partial charge in [-0.2, -0.15) is 18.4 Å². The molecule has 0 amide bonds. The summed E-state index contributed by atoms with van der Waals surface area (Å²) in [5.41, 5.74) is -0.753. The Hall–Kier alpha value is -1.26. The molecule has 0 spiro atoms. The lowest BCUT2D eigenvalue weighted by Gasteiger charge is -2.08. The third kappa shape index (κ3) is 4.55. The van der Waals surface area contributed by atoms with Crippen LogP contribution in [0.5, 0.6) is 0 Å². The van der Waals surface area contributed by atoms with Gasteiger partial charge in [-0.15, -0.1) is 11.8 Å². The summed E-state index contributed by atoms with van der Waals surface area (Å²) in [6.07, 6.45) is -2.92. The maximum absolute atomic E-state index is 12.3. The molecule has 0 aliphatic carbocycles. The molecule has 1 atom stereocenters. The fourth-order valence-corrected chi connectivity index (χ4v) is 2.04. The molecule has 1 unspecified atom stereocenters. The van der Waals surface area contributed by atoms with E-state index in [1.165, 1.54) is 17.8 Å². The normalized spacial score (nSPS) is 13.1. The van der Waals surface area contributed by atoms with Gasteiger partial charge in [0.15, 0.2) is 0 Å². The van der Waals surface area contributed by atoms with Crippen molar-refractivity contribution in [3.8, 4) is 6.07 Å². The molecule has 3 nitrogen and oxygen atoms in total. The van der Waals surface area contributed by atoms with Gasteiger partial charge in [0, 0.05) is 11.9 Å². The van der Waals surface area contributed by atoms with E-state index >= 15 is 0 Å². The zero-order valence-electron chi connectivity index (χ0n) is 9.66. The number of alkyl halides is 3. The van der Waals surface area contributed by atoms with Gasteiger partial charge < -0.3 is 5.32 Å². The lowest BCUT2D eigenvalue weighted by molar-refractivity contribution is -0.137. The molecule has 1 heterocycles. The monoisotopic (exact) mass is 275 g/mol. The van der Waals surface area contributed by atoms with Crippen LogP contribution in [0, 0.1) is 11.3 Å². The Balaban J connectivity index is 2.48. The van der Waals surface area contributed by atoms with E-state index < -0.39 is 11.7 Å². The lowest BCUT2D eigenvalue weighted by Crippen LogP contribution is -2.23. The van der Waals surface area contributed by atoms with E-state index in [9.17, 15) is 13.2 Å². The first kappa shape index (κ1) is 14.8. The Morgan fingerprint density at radius 1 is 1.50 bits per heavy atom. The van der Waals surface area contributed by atoms with Crippen molar-refractivity contribution < 1.29 is 13.2 Å². The zero-order valence-corrected chi connectivity index (χ0v) is 10.5. The van der Waals surface area contributed by atoms with E-state index in [4.69, 9.17) is 5.26 Å². The fraction of sp³-hybridized carbons (Fsp3) is 0.455. The molecule has 18 heavy (non-hydrogen) atoms. The van der Waals surface area contributed by atoms with E-state index in [0.29, 0.717) is 17.2 Å². The Labute approximate surface area is 107 Å². The summed E-state index contributed by atoms with van der Waals surface area (Å²) in [6.45, 7) is 0. The molecule has 0 saturated heterocycles. The third-order valence-electron chi connectivity index (χ3n) is 2.22. The summed E-state index contributed by atoms with van der Waals surface area (Å²) in [5, 5.41) is 12.0. The SMILES string of the molecule is CNC(C#N)CCSc1ccc(C(F)(F)F)cn1. The predicted octanol–water partition coefficient (Wildman–Crippen LogP) is 2.69. The van der Waals surface area contributed by atoms with Crippen LogP contribution in [0.4, 0.5) is 13.2 Å². The van der Waals surface area contributed by atoms with Gasteiger partial charge in [-0.25, -0.2) is 4.98 Å². The number of rotatable bonds is 5. The van der Waals surface area contributed by atoms with E-state index in [-0.39, 0.29) is 6.04 Å². The summed E-state index contributed by atoms with van der Waals surface area (Å²) in [7, 11) is 1.69. The van der Waals surface area contributed by atoms with Crippen LogP contribution in [0.3, 0.4) is 0 Å². The maximum atomic E-state index is 12.3. The molecule has 0 radical (unpaired) electrons. The number of hydrogen-bond acceptors (Lipinski definition) is 4. The molecule has 0 aliphatic heterocycles. The molecule has 1 aromatic heterocycles. The third-order valence-corrected chi connectivity index (χ3v) is 3.20. The van der Waals surface area contributed by atoms with Gasteiger partial charge >= 0.3 is 6.18 Å². The van der Waals surface area contributed by atoms with Crippen molar-refractivity contribution in [1.29, 1.82) is 5.26 Å². The fourth-order valence-electron chi connectivity index (χ4n) is 1.19. The van der Waals surface area contributed by atoms with Gasteiger partial charge in [0.05, 0.1) is 22.7 Å². The van der Waals surface area contributed by atoms with Gasteiger partial charge in [0.2, 0.25) is 0 Å². The topological polar surface area (TPSA) is 48.7 Å². The van der Waals surface area contributed by atoms with E-state index in [2.05, 4.69) is 16.4 Å². The van der Waals surface area contributed by atoms with E-state index in [1.807, 2.05) is 0 Å². The Morgan fingerprint density at radius 3 is 2.67 bits per heavy atom. The zero-order chi connectivity index (χ0) is 13.6. The minimum atomic E-state index is -4.35. The molecule has 0 bridgehead atoms. The number of nitrogens with one attached hydrogen (secondary N) is 1. The van der Waals surface area contributed by atoms with Crippen LogP contribution in [0.15, 0.2) is 23.4 Å². The smallest absolute Gasteiger partial charge is 0.305 e. The second kappa shape index (κ2) is 6.61. The van der Waals surface area contributed by atoms with Crippen LogP contribution in [-0.2, 0) is 6.18 Å². The molecule has 7 heteroatoms. The highest BCUT2D eigenvalue weighted by molar-refractivity contribution is 7.99. The number of nitrogens with zero attached hydrogens (tertiary/aromatic N) is 2. The van der Waals surface area contributed by atoms with Gasteiger partial charge in [-0.3, -0.25) is 0 Å². The first-order chi connectivity index (χ1) is 8.47. The highest BCUT2D eigenvalue weighted by Crippen LogP contribution is 2.29. The number of thioether (sulfide) groups is 1. The van der Waals surface area contributed by atoms with Crippen molar-refractivity contribution in [2.75, 3.05) is 12.8 Å². The molecule has 1 aromatic rings. The molecule has 1 N–H and O–H groups in total. The molecule has 0 aromatic carbocycles. The summed E-state index contributed by atoms with van der Waals surface area (Å²) < 4.78 is 36.8. The molecule has 0 aliphatic rings.